The minimum atomic E-state index is 0. The lowest BCUT2D eigenvalue weighted by atomic mass is 10.3. The molecule has 0 radical (unpaired) electrons. The van der Waals surface area contributed by atoms with Crippen molar-refractivity contribution in [3.8, 4) is 0 Å². The molecule has 0 bridgehead atoms. The van der Waals surface area contributed by atoms with E-state index < -0.39 is 0 Å². The van der Waals surface area contributed by atoms with Crippen LogP contribution in [0.1, 0.15) is 6.42 Å². The van der Waals surface area contributed by atoms with Crippen molar-refractivity contribution in [2.75, 3.05) is 44.7 Å². The average molecular weight is 332 g/mol. The van der Waals surface area contributed by atoms with Crippen LogP contribution in [0.25, 0.3) is 5.65 Å². The molecule has 2 aromatic rings. The molecular formula is C13H19Cl2N5O. The van der Waals surface area contributed by atoms with Crippen molar-refractivity contribution in [3.05, 3.63) is 23.5 Å². The summed E-state index contributed by atoms with van der Waals surface area (Å²) in [6.45, 7) is 5.76. The van der Waals surface area contributed by atoms with Gasteiger partial charge >= 0.3 is 0 Å². The first-order chi connectivity index (χ1) is 9.83. The number of hydrogen-bond acceptors (Lipinski definition) is 5. The lowest BCUT2D eigenvalue weighted by Gasteiger charge is -2.26. The molecule has 3 rings (SSSR count). The van der Waals surface area contributed by atoms with Crippen LogP contribution in [0.15, 0.2) is 18.3 Å². The van der Waals surface area contributed by atoms with Crippen LogP contribution < -0.4 is 5.32 Å². The Kier molecular flexibility index (Phi) is 6.05. The number of aromatic nitrogens is 3. The number of morpholine rings is 1. The van der Waals surface area contributed by atoms with Crippen LogP contribution in [0.4, 0.5) is 5.82 Å². The van der Waals surface area contributed by atoms with E-state index in [-0.39, 0.29) is 12.4 Å². The van der Waals surface area contributed by atoms with Gasteiger partial charge in [0.05, 0.1) is 19.4 Å². The molecule has 1 N–H and O–H groups in total. The zero-order valence-electron chi connectivity index (χ0n) is 11.7. The highest BCUT2D eigenvalue weighted by Crippen LogP contribution is 2.12. The molecule has 1 fully saturated rings. The summed E-state index contributed by atoms with van der Waals surface area (Å²) in [6, 6.07) is 3.83. The number of anilines is 1. The van der Waals surface area contributed by atoms with E-state index in [0.29, 0.717) is 5.15 Å². The maximum atomic E-state index is 6.00. The third-order valence-electron chi connectivity index (χ3n) is 3.38. The molecule has 0 aromatic carbocycles. The van der Waals surface area contributed by atoms with Crippen LogP contribution in [0.2, 0.25) is 5.15 Å². The molecule has 1 saturated heterocycles. The van der Waals surface area contributed by atoms with Crippen LogP contribution in [0, 0.1) is 0 Å². The molecule has 0 saturated carbocycles. The molecule has 0 aliphatic carbocycles. The smallest absolute Gasteiger partial charge is 0.155 e. The predicted molar refractivity (Wildman–Crippen MR) is 85.6 cm³/mol. The van der Waals surface area contributed by atoms with Crippen LogP contribution in [-0.2, 0) is 4.74 Å². The van der Waals surface area contributed by atoms with E-state index >= 15 is 0 Å². The van der Waals surface area contributed by atoms with Gasteiger partial charge in [0.25, 0.3) is 0 Å². The van der Waals surface area contributed by atoms with E-state index in [4.69, 9.17) is 16.3 Å². The number of nitrogens with one attached hydrogen (secondary N) is 1. The first-order valence-electron chi connectivity index (χ1n) is 6.87. The molecule has 3 heterocycles. The van der Waals surface area contributed by atoms with Gasteiger partial charge in [-0.15, -0.1) is 17.5 Å². The second-order valence-electron chi connectivity index (χ2n) is 4.80. The SMILES string of the molecule is Cl.Clc1cnc2ccc(NCCCN3CCOCC3)nn12. The molecular weight excluding hydrogens is 313 g/mol. The second kappa shape index (κ2) is 7.79. The summed E-state index contributed by atoms with van der Waals surface area (Å²) in [5.41, 5.74) is 0.758. The predicted octanol–water partition coefficient (Wildman–Crippen LogP) is 1.94. The molecule has 8 heteroatoms. The van der Waals surface area contributed by atoms with E-state index in [9.17, 15) is 0 Å². The number of ether oxygens (including phenoxy) is 1. The molecule has 0 spiro atoms. The Hall–Kier alpha value is -1.08. The summed E-state index contributed by atoms with van der Waals surface area (Å²) < 4.78 is 6.96. The Morgan fingerprint density at radius 2 is 2.10 bits per heavy atom. The highest BCUT2D eigenvalue weighted by Gasteiger charge is 2.09. The molecule has 0 amide bonds. The van der Waals surface area contributed by atoms with Gasteiger partial charge in [-0.3, -0.25) is 4.90 Å². The number of hydrogen-bond donors (Lipinski definition) is 1. The van der Waals surface area contributed by atoms with Gasteiger partial charge in [0.1, 0.15) is 5.82 Å². The van der Waals surface area contributed by atoms with E-state index in [2.05, 4.69) is 20.3 Å². The van der Waals surface area contributed by atoms with E-state index in [1.54, 1.807) is 10.7 Å². The highest BCUT2D eigenvalue weighted by molar-refractivity contribution is 6.29. The van der Waals surface area contributed by atoms with Gasteiger partial charge in [0.2, 0.25) is 0 Å². The lowest BCUT2D eigenvalue weighted by Crippen LogP contribution is -2.37. The number of fused-ring (bicyclic) bond motifs is 1. The highest BCUT2D eigenvalue weighted by atomic mass is 35.5. The summed E-state index contributed by atoms with van der Waals surface area (Å²) in [5.74, 6) is 0.819. The van der Waals surface area contributed by atoms with Crippen molar-refractivity contribution in [2.24, 2.45) is 0 Å². The second-order valence-corrected chi connectivity index (χ2v) is 5.19. The molecule has 0 unspecified atom stereocenters. The molecule has 1 aliphatic rings. The lowest BCUT2D eigenvalue weighted by molar-refractivity contribution is 0.0378. The average Bonchev–Trinajstić information content (AvgIpc) is 2.86. The third-order valence-corrected chi connectivity index (χ3v) is 3.64. The fourth-order valence-electron chi connectivity index (χ4n) is 2.28. The Balaban J connectivity index is 0.00000161. The fourth-order valence-corrected chi connectivity index (χ4v) is 2.46. The van der Waals surface area contributed by atoms with Crippen molar-refractivity contribution in [1.82, 2.24) is 19.5 Å². The van der Waals surface area contributed by atoms with Crippen molar-refractivity contribution < 1.29 is 4.74 Å². The first kappa shape index (κ1) is 16.3. The van der Waals surface area contributed by atoms with Crippen LogP contribution >= 0.6 is 24.0 Å². The molecule has 21 heavy (non-hydrogen) atoms. The van der Waals surface area contributed by atoms with Crippen LogP contribution in [0.3, 0.4) is 0 Å². The van der Waals surface area contributed by atoms with E-state index in [0.717, 1.165) is 57.3 Å². The van der Waals surface area contributed by atoms with Crippen molar-refractivity contribution in [2.45, 2.75) is 6.42 Å². The van der Waals surface area contributed by atoms with Gasteiger partial charge in [-0.1, -0.05) is 11.6 Å². The van der Waals surface area contributed by atoms with E-state index in [1.165, 1.54) is 0 Å². The van der Waals surface area contributed by atoms with Gasteiger partial charge < -0.3 is 10.1 Å². The minimum Gasteiger partial charge on any atom is -0.379 e. The van der Waals surface area contributed by atoms with Gasteiger partial charge in [-0.2, -0.15) is 0 Å². The zero-order valence-corrected chi connectivity index (χ0v) is 13.2. The van der Waals surface area contributed by atoms with Crippen LogP contribution in [-0.4, -0.2) is 58.9 Å². The summed E-state index contributed by atoms with van der Waals surface area (Å²) >= 11 is 6.00. The number of imidazole rings is 1. The number of halogens is 2. The number of rotatable bonds is 5. The quantitative estimate of drug-likeness (QED) is 0.848. The molecule has 0 atom stereocenters. The minimum absolute atomic E-state index is 0. The summed E-state index contributed by atoms with van der Waals surface area (Å²) in [6.07, 6.45) is 2.68. The molecule has 1 aliphatic heterocycles. The van der Waals surface area contributed by atoms with Crippen molar-refractivity contribution >= 4 is 35.5 Å². The zero-order chi connectivity index (χ0) is 13.8. The van der Waals surface area contributed by atoms with Gasteiger partial charge in [0, 0.05) is 19.6 Å². The Morgan fingerprint density at radius 1 is 1.29 bits per heavy atom. The molecule has 2 aromatic heterocycles. The molecule has 116 valence electrons. The fraction of sp³-hybridized carbons (Fsp3) is 0.538. The summed E-state index contributed by atoms with van der Waals surface area (Å²) in [7, 11) is 0. The van der Waals surface area contributed by atoms with Gasteiger partial charge in [-0.25, -0.2) is 9.50 Å². The van der Waals surface area contributed by atoms with Crippen LogP contribution in [0.5, 0.6) is 0 Å². The van der Waals surface area contributed by atoms with E-state index in [1.807, 2.05) is 12.1 Å². The monoisotopic (exact) mass is 331 g/mol. The topological polar surface area (TPSA) is 54.7 Å². The maximum Gasteiger partial charge on any atom is 0.155 e. The van der Waals surface area contributed by atoms with Gasteiger partial charge in [0.15, 0.2) is 10.8 Å². The van der Waals surface area contributed by atoms with Gasteiger partial charge in [-0.05, 0) is 25.1 Å². The Labute approximate surface area is 134 Å². The summed E-state index contributed by atoms with van der Waals surface area (Å²) in [4.78, 5) is 6.56. The van der Waals surface area contributed by atoms with Crippen molar-refractivity contribution in [3.63, 3.8) is 0 Å². The first-order valence-corrected chi connectivity index (χ1v) is 7.25. The molecule has 6 nitrogen and oxygen atoms in total. The normalized spacial score (nSPS) is 15.9. The number of nitrogens with zero attached hydrogens (tertiary/aromatic N) is 4. The largest absolute Gasteiger partial charge is 0.379 e. The van der Waals surface area contributed by atoms with Crippen molar-refractivity contribution in [1.29, 1.82) is 0 Å². The summed E-state index contributed by atoms with van der Waals surface area (Å²) in [5, 5.41) is 8.24. The third kappa shape index (κ3) is 4.20. The maximum absolute atomic E-state index is 6.00. The Bertz CT molecular complexity index is 571. The Morgan fingerprint density at radius 3 is 2.90 bits per heavy atom. The standard InChI is InChI=1S/C13H18ClN5O.ClH/c14-11-10-16-13-3-2-12(17-19(11)13)15-4-1-5-18-6-8-20-9-7-18;/h2-3,10H,1,4-9H2,(H,15,17);1H.